The van der Waals surface area contributed by atoms with Gasteiger partial charge in [0.1, 0.15) is 6.04 Å². The van der Waals surface area contributed by atoms with Crippen molar-refractivity contribution in [3.8, 4) is 0 Å². The molecular weight excluding hydrogens is 282 g/mol. The van der Waals surface area contributed by atoms with E-state index in [1.165, 1.54) is 12.0 Å². The van der Waals surface area contributed by atoms with Crippen molar-refractivity contribution in [2.24, 2.45) is 0 Å². The minimum atomic E-state index is -0.723. The summed E-state index contributed by atoms with van der Waals surface area (Å²) >= 11 is 0. The molecule has 0 saturated carbocycles. The second-order valence-corrected chi connectivity index (χ2v) is 5.45. The highest BCUT2D eigenvalue weighted by Crippen LogP contribution is 2.23. The van der Waals surface area contributed by atoms with Crippen LogP contribution in [0, 0.1) is 0 Å². The zero-order valence-corrected chi connectivity index (χ0v) is 12.2. The van der Waals surface area contributed by atoms with Gasteiger partial charge in [-0.3, -0.25) is 4.79 Å². The number of β-amino-alcohol motifs (C(OH)–C–C–N with tert-alkyl or cyclic N) is 1. The molecule has 0 spiro atoms. The normalized spacial score (nSPS) is 21.1. The van der Waals surface area contributed by atoms with Crippen LogP contribution in [0.2, 0.25) is 0 Å². The maximum atomic E-state index is 12.7. The van der Waals surface area contributed by atoms with Gasteiger partial charge < -0.3 is 14.7 Å². The molecule has 2 atom stereocenters. The molecule has 0 aliphatic carbocycles. The molecule has 1 saturated heterocycles. The summed E-state index contributed by atoms with van der Waals surface area (Å²) < 4.78 is 4.73. The number of hydrogen-bond acceptors (Lipinski definition) is 4. The number of rotatable bonds is 2. The van der Waals surface area contributed by atoms with E-state index >= 15 is 0 Å². The van der Waals surface area contributed by atoms with Gasteiger partial charge in [0.2, 0.25) is 0 Å². The summed E-state index contributed by atoms with van der Waals surface area (Å²) in [6.45, 7) is 0.144. The van der Waals surface area contributed by atoms with Crippen molar-refractivity contribution in [1.82, 2.24) is 4.90 Å². The van der Waals surface area contributed by atoms with E-state index in [0.29, 0.717) is 5.56 Å². The molecule has 2 aromatic rings. The van der Waals surface area contributed by atoms with E-state index in [2.05, 4.69) is 0 Å². The molecule has 5 heteroatoms. The summed E-state index contributed by atoms with van der Waals surface area (Å²) in [5.41, 5.74) is 0.502. The molecule has 1 aliphatic heterocycles. The monoisotopic (exact) mass is 299 g/mol. The van der Waals surface area contributed by atoms with Gasteiger partial charge in [-0.1, -0.05) is 30.3 Å². The summed E-state index contributed by atoms with van der Waals surface area (Å²) in [6, 6.07) is 12.5. The van der Waals surface area contributed by atoms with E-state index in [1.54, 1.807) is 12.1 Å². The van der Waals surface area contributed by atoms with Crippen LogP contribution >= 0.6 is 0 Å². The van der Waals surface area contributed by atoms with Gasteiger partial charge in [-0.15, -0.1) is 0 Å². The predicted molar refractivity (Wildman–Crippen MR) is 81.4 cm³/mol. The van der Waals surface area contributed by atoms with E-state index < -0.39 is 18.1 Å². The van der Waals surface area contributed by atoms with Gasteiger partial charge in [0.05, 0.1) is 13.2 Å². The van der Waals surface area contributed by atoms with Gasteiger partial charge >= 0.3 is 5.97 Å². The second-order valence-electron chi connectivity index (χ2n) is 5.45. The number of fused-ring (bicyclic) bond motifs is 1. The highest BCUT2D eigenvalue weighted by molar-refractivity contribution is 6.00. The fraction of sp³-hybridized carbons (Fsp3) is 0.294. The van der Waals surface area contributed by atoms with E-state index in [1.807, 2.05) is 30.3 Å². The molecular formula is C17H17NO4. The summed E-state index contributed by atoms with van der Waals surface area (Å²) in [4.78, 5) is 25.9. The Morgan fingerprint density at radius 1 is 1.18 bits per heavy atom. The molecule has 0 bridgehead atoms. The molecule has 1 amide bonds. The lowest BCUT2D eigenvalue weighted by atomic mass is 10.1. The molecule has 0 radical (unpaired) electrons. The Labute approximate surface area is 128 Å². The number of hydrogen-bond donors (Lipinski definition) is 1. The quantitative estimate of drug-likeness (QED) is 0.855. The lowest BCUT2D eigenvalue weighted by Gasteiger charge is -2.22. The first-order valence-corrected chi connectivity index (χ1v) is 7.16. The lowest BCUT2D eigenvalue weighted by molar-refractivity contribution is -0.145. The summed E-state index contributed by atoms with van der Waals surface area (Å²) in [7, 11) is 1.28. The standard InChI is InChI=1S/C17H17NO4/c1-22-17(21)15-9-14(19)10-18(15)16(20)13-7-6-11-4-2-3-5-12(11)8-13/h2-8,14-15,19H,9-10H2,1H3/t14-,15+/m0/s1. The number of likely N-dealkylation sites (tertiary alicyclic amines) is 1. The van der Waals surface area contributed by atoms with Crippen LogP contribution in [0.5, 0.6) is 0 Å². The fourth-order valence-corrected chi connectivity index (χ4v) is 2.89. The molecule has 0 unspecified atom stereocenters. The van der Waals surface area contributed by atoms with Crippen LogP contribution < -0.4 is 0 Å². The molecule has 1 N–H and O–H groups in total. The Hall–Kier alpha value is -2.40. The number of ether oxygens (including phenoxy) is 1. The van der Waals surface area contributed by atoms with Gasteiger partial charge in [0, 0.05) is 18.5 Å². The third-order valence-corrected chi connectivity index (χ3v) is 4.01. The van der Waals surface area contributed by atoms with E-state index in [-0.39, 0.29) is 18.9 Å². The van der Waals surface area contributed by atoms with Crippen molar-refractivity contribution < 1.29 is 19.4 Å². The topological polar surface area (TPSA) is 66.8 Å². The largest absolute Gasteiger partial charge is 0.467 e. The summed E-state index contributed by atoms with van der Waals surface area (Å²) in [5, 5.41) is 11.8. The van der Waals surface area contributed by atoms with Crippen molar-refractivity contribution in [3.05, 3.63) is 48.0 Å². The number of aliphatic hydroxyl groups excluding tert-OH is 1. The molecule has 1 heterocycles. The highest BCUT2D eigenvalue weighted by Gasteiger charge is 2.39. The molecule has 1 fully saturated rings. The Balaban J connectivity index is 1.92. The molecule has 5 nitrogen and oxygen atoms in total. The number of esters is 1. The van der Waals surface area contributed by atoms with Crippen molar-refractivity contribution in [2.45, 2.75) is 18.6 Å². The van der Waals surface area contributed by atoms with Crippen LogP contribution in [0.25, 0.3) is 10.8 Å². The SMILES string of the molecule is COC(=O)[C@H]1C[C@H](O)CN1C(=O)c1ccc2ccccc2c1. The van der Waals surface area contributed by atoms with Gasteiger partial charge in [0.25, 0.3) is 5.91 Å². The van der Waals surface area contributed by atoms with Crippen molar-refractivity contribution in [3.63, 3.8) is 0 Å². The first kappa shape index (κ1) is 14.5. The summed E-state index contributed by atoms with van der Waals surface area (Å²) in [5.74, 6) is -0.761. The Morgan fingerprint density at radius 2 is 1.91 bits per heavy atom. The van der Waals surface area contributed by atoms with Crippen molar-refractivity contribution in [1.29, 1.82) is 0 Å². The van der Waals surface area contributed by atoms with Crippen LogP contribution in [0.1, 0.15) is 16.8 Å². The molecule has 0 aromatic heterocycles. The van der Waals surface area contributed by atoms with Crippen molar-refractivity contribution >= 4 is 22.6 Å². The number of amides is 1. The third kappa shape index (κ3) is 2.55. The molecule has 3 rings (SSSR count). The third-order valence-electron chi connectivity index (χ3n) is 4.01. The predicted octanol–water partition coefficient (Wildman–Crippen LogP) is 1.59. The second kappa shape index (κ2) is 5.77. The zero-order valence-electron chi connectivity index (χ0n) is 12.2. The fourth-order valence-electron chi connectivity index (χ4n) is 2.89. The smallest absolute Gasteiger partial charge is 0.328 e. The molecule has 114 valence electrons. The average molecular weight is 299 g/mol. The number of aliphatic hydroxyl groups is 1. The van der Waals surface area contributed by atoms with E-state index in [4.69, 9.17) is 4.74 Å². The van der Waals surface area contributed by atoms with Crippen LogP contribution in [0.3, 0.4) is 0 Å². The summed E-state index contributed by atoms with van der Waals surface area (Å²) in [6.07, 6.45) is -0.486. The zero-order chi connectivity index (χ0) is 15.7. The number of benzene rings is 2. The highest BCUT2D eigenvalue weighted by atomic mass is 16.5. The molecule has 1 aliphatic rings. The number of carbonyl (C=O) groups excluding carboxylic acids is 2. The Morgan fingerprint density at radius 3 is 2.64 bits per heavy atom. The van der Waals surface area contributed by atoms with Gasteiger partial charge in [-0.05, 0) is 22.9 Å². The maximum Gasteiger partial charge on any atom is 0.328 e. The average Bonchev–Trinajstić information content (AvgIpc) is 2.94. The van der Waals surface area contributed by atoms with Crippen molar-refractivity contribution in [2.75, 3.05) is 13.7 Å². The van der Waals surface area contributed by atoms with Gasteiger partial charge in [-0.2, -0.15) is 0 Å². The number of methoxy groups -OCH3 is 1. The van der Waals surface area contributed by atoms with Crippen LogP contribution in [-0.2, 0) is 9.53 Å². The van der Waals surface area contributed by atoms with Gasteiger partial charge in [-0.25, -0.2) is 4.79 Å². The maximum absolute atomic E-state index is 12.7. The van der Waals surface area contributed by atoms with E-state index in [9.17, 15) is 14.7 Å². The van der Waals surface area contributed by atoms with E-state index in [0.717, 1.165) is 10.8 Å². The van der Waals surface area contributed by atoms with Crippen LogP contribution in [0.4, 0.5) is 0 Å². The minimum Gasteiger partial charge on any atom is -0.467 e. The first-order valence-electron chi connectivity index (χ1n) is 7.16. The minimum absolute atomic E-state index is 0.144. The number of nitrogens with zero attached hydrogens (tertiary/aromatic N) is 1. The van der Waals surface area contributed by atoms with Crippen LogP contribution in [-0.4, -0.2) is 47.7 Å². The first-order chi connectivity index (χ1) is 10.6. The Kier molecular flexibility index (Phi) is 3.81. The number of carbonyl (C=O) groups is 2. The van der Waals surface area contributed by atoms with Crippen LogP contribution in [0.15, 0.2) is 42.5 Å². The molecule has 2 aromatic carbocycles. The van der Waals surface area contributed by atoms with Gasteiger partial charge in [0.15, 0.2) is 0 Å². The lowest BCUT2D eigenvalue weighted by Crippen LogP contribution is -2.41. The molecule has 22 heavy (non-hydrogen) atoms. The Bertz CT molecular complexity index is 727.